The molecule has 2 unspecified atom stereocenters. The highest BCUT2D eigenvalue weighted by Gasteiger charge is 2.32. The highest BCUT2D eigenvalue weighted by molar-refractivity contribution is 5.36. The fourth-order valence-corrected chi connectivity index (χ4v) is 3.33. The minimum absolute atomic E-state index is 0.108. The highest BCUT2D eigenvalue weighted by atomic mass is 19.1. The van der Waals surface area contributed by atoms with Crippen molar-refractivity contribution in [3.63, 3.8) is 0 Å². The molecule has 0 radical (unpaired) electrons. The number of hydrogen-bond acceptors (Lipinski definition) is 6. The lowest BCUT2D eigenvalue weighted by molar-refractivity contribution is 0.182. The number of fused-ring (bicyclic) bond motifs is 1. The van der Waals surface area contributed by atoms with Crippen molar-refractivity contribution in [1.29, 1.82) is 0 Å². The van der Waals surface area contributed by atoms with E-state index in [2.05, 4.69) is 20.4 Å². The summed E-state index contributed by atoms with van der Waals surface area (Å²) in [5.41, 5.74) is 1.90. The zero-order valence-electron chi connectivity index (χ0n) is 13.1. The molecule has 24 heavy (non-hydrogen) atoms. The van der Waals surface area contributed by atoms with E-state index in [1.807, 2.05) is 0 Å². The Morgan fingerprint density at radius 3 is 3.04 bits per heavy atom. The van der Waals surface area contributed by atoms with Crippen LogP contribution in [0.3, 0.4) is 0 Å². The molecule has 2 aliphatic rings. The first-order chi connectivity index (χ1) is 11.7. The number of nitrogens with one attached hydrogen (secondary N) is 1. The Bertz CT molecular complexity index is 809. The van der Waals surface area contributed by atoms with Crippen molar-refractivity contribution in [3.8, 4) is 0 Å². The largest absolute Gasteiger partial charge is 0.377 e. The number of anilines is 1. The molecule has 2 aromatic heterocycles. The van der Waals surface area contributed by atoms with Crippen LogP contribution in [0.15, 0.2) is 23.4 Å². The first kappa shape index (κ1) is 15.2. The van der Waals surface area contributed by atoms with Crippen molar-refractivity contribution in [1.82, 2.24) is 19.7 Å². The van der Waals surface area contributed by atoms with E-state index in [0.717, 1.165) is 43.1 Å². The zero-order valence-corrected chi connectivity index (χ0v) is 13.1. The van der Waals surface area contributed by atoms with Crippen LogP contribution in [0.25, 0.3) is 0 Å². The lowest BCUT2D eigenvalue weighted by atomic mass is 9.97. The Balaban J connectivity index is 1.63. The van der Waals surface area contributed by atoms with Gasteiger partial charge >= 0.3 is 0 Å². The van der Waals surface area contributed by atoms with Gasteiger partial charge in [-0.05, 0) is 31.2 Å². The molecule has 8 heteroatoms. The number of rotatable bonds is 3. The van der Waals surface area contributed by atoms with Crippen LogP contribution >= 0.6 is 0 Å². The summed E-state index contributed by atoms with van der Waals surface area (Å²) in [6, 6.07) is 1.11. The van der Waals surface area contributed by atoms with Crippen molar-refractivity contribution in [2.24, 2.45) is 0 Å². The quantitative estimate of drug-likeness (QED) is 0.907. The predicted molar refractivity (Wildman–Crippen MR) is 84.4 cm³/mol. The number of nitrogens with zero attached hydrogens (tertiary/aromatic N) is 4. The number of ether oxygens (including phenoxy) is 1. The summed E-state index contributed by atoms with van der Waals surface area (Å²) in [4.78, 5) is 20.0. The van der Waals surface area contributed by atoms with E-state index in [-0.39, 0.29) is 23.5 Å². The maximum atomic E-state index is 13.8. The number of halogens is 1. The van der Waals surface area contributed by atoms with Crippen LogP contribution in [0, 0.1) is 5.82 Å². The average molecular weight is 331 g/mol. The van der Waals surface area contributed by atoms with Crippen LogP contribution in [-0.4, -0.2) is 39.0 Å². The van der Waals surface area contributed by atoms with E-state index in [4.69, 9.17) is 4.74 Å². The molecule has 126 valence electrons. The standard InChI is InChI=1S/C16H18FN5O2/c17-11-6-18-9-19-16(11)20-13-7-24-8-14(13)22-15(23)5-10-3-1-2-4-12(10)21-22/h5-6,9,13-14H,1-4,7-8H2,(H,18,19,20). The third-order valence-electron chi connectivity index (χ3n) is 4.59. The number of hydrogen-bond donors (Lipinski definition) is 1. The van der Waals surface area contributed by atoms with E-state index in [0.29, 0.717) is 13.2 Å². The molecule has 2 atom stereocenters. The van der Waals surface area contributed by atoms with Crippen molar-refractivity contribution < 1.29 is 9.13 Å². The number of aryl methyl sites for hydroxylation is 2. The molecule has 7 nitrogen and oxygen atoms in total. The fraction of sp³-hybridized carbons (Fsp3) is 0.500. The summed E-state index contributed by atoms with van der Waals surface area (Å²) in [6.07, 6.45) is 6.37. The van der Waals surface area contributed by atoms with E-state index >= 15 is 0 Å². The maximum absolute atomic E-state index is 13.8. The normalized spacial score (nSPS) is 23.0. The van der Waals surface area contributed by atoms with Crippen LogP contribution in [0.1, 0.15) is 30.1 Å². The van der Waals surface area contributed by atoms with Crippen LogP contribution in [0.2, 0.25) is 0 Å². The predicted octanol–water partition coefficient (Wildman–Crippen LogP) is 1.10. The van der Waals surface area contributed by atoms with Gasteiger partial charge < -0.3 is 10.1 Å². The SMILES string of the molecule is O=c1cc2c(nn1C1COCC1Nc1ncncc1F)CCCC2. The maximum Gasteiger partial charge on any atom is 0.267 e. The van der Waals surface area contributed by atoms with Crippen LogP contribution < -0.4 is 10.9 Å². The van der Waals surface area contributed by atoms with E-state index in [9.17, 15) is 9.18 Å². The van der Waals surface area contributed by atoms with Crippen LogP contribution in [-0.2, 0) is 17.6 Å². The first-order valence-corrected chi connectivity index (χ1v) is 8.14. The Kier molecular flexibility index (Phi) is 3.97. The van der Waals surface area contributed by atoms with Crippen LogP contribution in [0.4, 0.5) is 10.2 Å². The second kappa shape index (κ2) is 6.27. The minimum atomic E-state index is -0.533. The second-order valence-electron chi connectivity index (χ2n) is 6.18. The van der Waals surface area contributed by atoms with E-state index in [1.54, 1.807) is 6.07 Å². The summed E-state index contributed by atoms with van der Waals surface area (Å²) in [7, 11) is 0. The van der Waals surface area contributed by atoms with Gasteiger partial charge in [0.2, 0.25) is 0 Å². The molecular weight excluding hydrogens is 313 g/mol. The Morgan fingerprint density at radius 1 is 1.29 bits per heavy atom. The summed E-state index contributed by atoms with van der Waals surface area (Å²) in [6.45, 7) is 0.718. The van der Waals surface area contributed by atoms with Gasteiger partial charge in [-0.2, -0.15) is 5.10 Å². The summed E-state index contributed by atoms with van der Waals surface area (Å²) < 4.78 is 20.8. The van der Waals surface area contributed by atoms with Gasteiger partial charge in [-0.15, -0.1) is 0 Å². The third-order valence-corrected chi connectivity index (χ3v) is 4.59. The lowest BCUT2D eigenvalue weighted by Crippen LogP contribution is -2.38. The molecule has 0 aromatic carbocycles. The van der Waals surface area contributed by atoms with Gasteiger partial charge in [0.1, 0.15) is 12.4 Å². The summed E-state index contributed by atoms with van der Waals surface area (Å²) in [5, 5.41) is 7.58. The summed E-state index contributed by atoms with van der Waals surface area (Å²) in [5.74, 6) is -0.426. The molecule has 0 amide bonds. The second-order valence-corrected chi connectivity index (χ2v) is 6.18. The third kappa shape index (κ3) is 2.77. The smallest absolute Gasteiger partial charge is 0.267 e. The van der Waals surface area contributed by atoms with Gasteiger partial charge in [0.05, 0.1) is 31.1 Å². The molecule has 2 aromatic rings. The average Bonchev–Trinajstić information content (AvgIpc) is 3.04. The molecule has 1 aliphatic heterocycles. The molecule has 1 fully saturated rings. The molecule has 3 heterocycles. The molecule has 1 aliphatic carbocycles. The Morgan fingerprint density at radius 2 is 2.17 bits per heavy atom. The molecule has 1 saturated heterocycles. The summed E-state index contributed by atoms with van der Waals surface area (Å²) >= 11 is 0. The van der Waals surface area contributed by atoms with Crippen LogP contribution in [0.5, 0.6) is 0 Å². The van der Waals surface area contributed by atoms with Crippen molar-refractivity contribution >= 4 is 5.82 Å². The molecule has 0 spiro atoms. The molecule has 4 rings (SSSR count). The van der Waals surface area contributed by atoms with Gasteiger partial charge in [-0.25, -0.2) is 19.0 Å². The topological polar surface area (TPSA) is 81.9 Å². The monoisotopic (exact) mass is 331 g/mol. The van der Waals surface area contributed by atoms with Gasteiger partial charge in [0.15, 0.2) is 11.6 Å². The minimum Gasteiger partial charge on any atom is -0.377 e. The van der Waals surface area contributed by atoms with E-state index < -0.39 is 5.82 Å². The fourth-order valence-electron chi connectivity index (χ4n) is 3.33. The Labute approximate surface area is 137 Å². The molecule has 1 N–H and O–H groups in total. The van der Waals surface area contributed by atoms with Gasteiger partial charge in [-0.1, -0.05) is 0 Å². The first-order valence-electron chi connectivity index (χ1n) is 8.14. The highest BCUT2D eigenvalue weighted by Crippen LogP contribution is 2.23. The lowest BCUT2D eigenvalue weighted by Gasteiger charge is -2.23. The molecule has 0 saturated carbocycles. The number of aromatic nitrogens is 4. The molecule has 0 bridgehead atoms. The van der Waals surface area contributed by atoms with Gasteiger partial charge in [0, 0.05) is 6.07 Å². The van der Waals surface area contributed by atoms with Crippen molar-refractivity contribution in [2.45, 2.75) is 37.8 Å². The van der Waals surface area contributed by atoms with Crippen molar-refractivity contribution in [2.75, 3.05) is 18.5 Å². The van der Waals surface area contributed by atoms with Gasteiger partial charge in [-0.3, -0.25) is 4.79 Å². The van der Waals surface area contributed by atoms with Crippen molar-refractivity contribution in [3.05, 3.63) is 46.0 Å². The Hall–Kier alpha value is -2.35. The van der Waals surface area contributed by atoms with E-state index in [1.165, 1.54) is 11.0 Å². The van der Waals surface area contributed by atoms with Gasteiger partial charge in [0.25, 0.3) is 5.56 Å². The molecular formula is C16H18FN5O2. The zero-order chi connectivity index (χ0) is 16.5.